The summed E-state index contributed by atoms with van der Waals surface area (Å²) in [6.45, 7) is 5.70. The van der Waals surface area contributed by atoms with Crippen molar-refractivity contribution < 1.29 is 14.3 Å². The lowest BCUT2D eigenvalue weighted by Gasteiger charge is -2.35. The monoisotopic (exact) mass is 344 g/mol. The number of nitrogens with zero attached hydrogens (tertiary/aromatic N) is 2. The Bertz CT molecular complexity index is 585. The van der Waals surface area contributed by atoms with E-state index in [2.05, 4.69) is 0 Å². The highest BCUT2D eigenvalue weighted by Crippen LogP contribution is 2.23. The molecule has 0 unspecified atom stereocenters. The molecule has 0 bridgehead atoms. The van der Waals surface area contributed by atoms with Gasteiger partial charge in [-0.05, 0) is 63.3 Å². The number of carbonyl (C=O) groups excluding carboxylic acids is 2. The Morgan fingerprint density at radius 2 is 1.60 bits per heavy atom. The highest BCUT2D eigenvalue weighted by Gasteiger charge is 2.30. The normalized spacial score (nSPS) is 18.9. The summed E-state index contributed by atoms with van der Waals surface area (Å²) in [4.78, 5) is 29.1. The first-order valence-corrected chi connectivity index (χ1v) is 9.50. The van der Waals surface area contributed by atoms with Crippen LogP contribution in [0.4, 0.5) is 0 Å². The van der Waals surface area contributed by atoms with E-state index >= 15 is 0 Å². The van der Waals surface area contributed by atoms with Gasteiger partial charge in [-0.15, -0.1) is 0 Å². The summed E-state index contributed by atoms with van der Waals surface area (Å²) in [7, 11) is 0. The maximum atomic E-state index is 12.6. The summed E-state index contributed by atoms with van der Waals surface area (Å²) >= 11 is 0. The predicted octanol–water partition coefficient (Wildman–Crippen LogP) is 2.95. The summed E-state index contributed by atoms with van der Waals surface area (Å²) < 4.78 is 5.42. The van der Waals surface area contributed by atoms with Crippen LogP contribution >= 0.6 is 0 Å². The Hall–Kier alpha value is -2.04. The lowest BCUT2D eigenvalue weighted by molar-refractivity contribution is -0.137. The van der Waals surface area contributed by atoms with E-state index in [0.29, 0.717) is 31.2 Å². The van der Waals surface area contributed by atoms with Gasteiger partial charge >= 0.3 is 0 Å². The molecule has 2 saturated heterocycles. The van der Waals surface area contributed by atoms with Gasteiger partial charge in [0.1, 0.15) is 5.75 Å². The smallest absolute Gasteiger partial charge is 0.253 e. The largest absolute Gasteiger partial charge is 0.494 e. The second-order valence-electron chi connectivity index (χ2n) is 6.91. The minimum atomic E-state index is 0.0481. The quantitative estimate of drug-likeness (QED) is 0.844. The SMILES string of the molecule is CCOc1ccc(C(=O)N2CCC(C(=O)N3CCCCC3)CC2)cc1. The molecule has 2 fully saturated rings. The molecule has 136 valence electrons. The second kappa shape index (κ2) is 8.37. The molecule has 0 radical (unpaired) electrons. The molecule has 5 nitrogen and oxygen atoms in total. The van der Waals surface area contributed by atoms with E-state index in [1.807, 2.05) is 41.0 Å². The predicted molar refractivity (Wildman–Crippen MR) is 96.7 cm³/mol. The van der Waals surface area contributed by atoms with Gasteiger partial charge in [0.2, 0.25) is 5.91 Å². The van der Waals surface area contributed by atoms with Crippen LogP contribution in [0.3, 0.4) is 0 Å². The van der Waals surface area contributed by atoms with Gasteiger partial charge in [0, 0.05) is 37.7 Å². The molecule has 5 heteroatoms. The molecule has 0 atom stereocenters. The van der Waals surface area contributed by atoms with E-state index in [9.17, 15) is 9.59 Å². The van der Waals surface area contributed by atoms with Gasteiger partial charge in [0.25, 0.3) is 5.91 Å². The van der Waals surface area contributed by atoms with Crippen molar-refractivity contribution in [3.05, 3.63) is 29.8 Å². The maximum absolute atomic E-state index is 12.6. The van der Waals surface area contributed by atoms with Gasteiger partial charge in [-0.2, -0.15) is 0 Å². The Labute approximate surface area is 149 Å². The number of ether oxygens (including phenoxy) is 1. The summed E-state index contributed by atoms with van der Waals surface area (Å²) in [5.74, 6) is 1.21. The zero-order valence-electron chi connectivity index (χ0n) is 15.1. The van der Waals surface area contributed by atoms with Gasteiger partial charge in [-0.25, -0.2) is 0 Å². The van der Waals surface area contributed by atoms with Gasteiger partial charge in [0.15, 0.2) is 0 Å². The lowest BCUT2D eigenvalue weighted by atomic mass is 9.94. The van der Waals surface area contributed by atoms with Crippen molar-refractivity contribution in [1.29, 1.82) is 0 Å². The van der Waals surface area contributed by atoms with E-state index in [1.54, 1.807) is 0 Å². The number of hydrogen-bond donors (Lipinski definition) is 0. The molecule has 0 spiro atoms. The number of benzene rings is 1. The highest BCUT2D eigenvalue weighted by atomic mass is 16.5. The van der Waals surface area contributed by atoms with Crippen molar-refractivity contribution >= 4 is 11.8 Å². The van der Waals surface area contributed by atoms with Gasteiger partial charge in [0.05, 0.1) is 6.61 Å². The van der Waals surface area contributed by atoms with Gasteiger partial charge in [-0.3, -0.25) is 9.59 Å². The fourth-order valence-corrected chi connectivity index (χ4v) is 3.75. The Kier molecular flexibility index (Phi) is 5.95. The molecule has 2 aliphatic heterocycles. The van der Waals surface area contributed by atoms with Crippen LogP contribution in [-0.4, -0.2) is 54.4 Å². The summed E-state index contributed by atoms with van der Waals surface area (Å²) in [6, 6.07) is 7.31. The molecule has 1 aromatic carbocycles. The molecule has 2 amide bonds. The average molecular weight is 344 g/mol. The second-order valence-corrected chi connectivity index (χ2v) is 6.91. The lowest BCUT2D eigenvalue weighted by Crippen LogP contribution is -2.45. The molecular formula is C20H28N2O3. The van der Waals surface area contributed by atoms with Gasteiger partial charge < -0.3 is 14.5 Å². The summed E-state index contributed by atoms with van der Waals surface area (Å²) in [5.41, 5.74) is 0.685. The summed E-state index contributed by atoms with van der Waals surface area (Å²) in [6.07, 6.45) is 5.04. The van der Waals surface area contributed by atoms with Crippen LogP contribution in [-0.2, 0) is 4.79 Å². The van der Waals surface area contributed by atoms with E-state index in [0.717, 1.165) is 44.5 Å². The number of carbonyl (C=O) groups is 2. The maximum Gasteiger partial charge on any atom is 0.253 e. The standard InChI is InChI=1S/C20H28N2O3/c1-2-25-18-8-6-16(7-9-18)19(23)22-14-10-17(11-15-22)20(24)21-12-4-3-5-13-21/h6-9,17H,2-5,10-15H2,1H3. The summed E-state index contributed by atoms with van der Waals surface area (Å²) in [5, 5.41) is 0. The van der Waals surface area contributed by atoms with E-state index in [1.165, 1.54) is 6.42 Å². The fraction of sp³-hybridized carbons (Fsp3) is 0.600. The highest BCUT2D eigenvalue weighted by molar-refractivity contribution is 5.94. The minimum absolute atomic E-state index is 0.0481. The van der Waals surface area contributed by atoms with E-state index < -0.39 is 0 Å². The number of likely N-dealkylation sites (tertiary alicyclic amines) is 2. The number of hydrogen-bond acceptors (Lipinski definition) is 3. The third-order valence-corrected chi connectivity index (χ3v) is 5.21. The van der Waals surface area contributed by atoms with Crippen LogP contribution in [0.1, 0.15) is 49.4 Å². The van der Waals surface area contributed by atoms with Crippen molar-refractivity contribution in [2.45, 2.75) is 39.0 Å². The molecule has 0 saturated carbocycles. The molecule has 0 aliphatic carbocycles. The Morgan fingerprint density at radius 3 is 2.20 bits per heavy atom. The zero-order valence-corrected chi connectivity index (χ0v) is 15.1. The molecule has 0 N–H and O–H groups in total. The number of rotatable bonds is 4. The van der Waals surface area contributed by atoms with Crippen LogP contribution in [0.15, 0.2) is 24.3 Å². The van der Waals surface area contributed by atoms with Crippen LogP contribution in [0.2, 0.25) is 0 Å². The van der Waals surface area contributed by atoms with Crippen molar-refractivity contribution in [3.8, 4) is 5.75 Å². The zero-order chi connectivity index (χ0) is 17.6. The topological polar surface area (TPSA) is 49.9 Å². The van der Waals surface area contributed by atoms with Crippen molar-refractivity contribution in [3.63, 3.8) is 0 Å². The van der Waals surface area contributed by atoms with Crippen LogP contribution in [0, 0.1) is 5.92 Å². The molecule has 3 rings (SSSR count). The van der Waals surface area contributed by atoms with E-state index in [4.69, 9.17) is 4.74 Å². The van der Waals surface area contributed by atoms with Crippen molar-refractivity contribution in [2.24, 2.45) is 5.92 Å². The Morgan fingerprint density at radius 1 is 0.960 bits per heavy atom. The van der Waals surface area contributed by atoms with Crippen molar-refractivity contribution in [1.82, 2.24) is 9.80 Å². The average Bonchev–Trinajstić information content (AvgIpc) is 2.68. The first-order chi connectivity index (χ1) is 12.2. The van der Waals surface area contributed by atoms with Crippen LogP contribution in [0.5, 0.6) is 5.75 Å². The minimum Gasteiger partial charge on any atom is -0.494 e. The first kappa shape index (κ1) is 17.8. The number of amides is 2. The first-order valence-electron chi connectivity index (χ1n) is 9.50. The number of piperidine rings is 2. The molecule has 2 heterocycles. The third-order valence-electron chi connectivity index (χ3n) is 5.21. The van der Waals surface area contributed by atoms with Crippen LogP contribution < -0.4 is 4.74 Å². The van der Waals surface area contributed by atoms with E-state index in [-0.39, 0.29) is 11.8 Å². The van der Waals surface area contributed by atoms with Crippen LogP contribution in [0.25, 0.3) is 0 Å². The van der Waals surface area contributed by atoms with Gasteiger partial charge in [-0.1, -0.05) is 0 Å². The van der Waals surface area contributed by atoms with Crippen molar-refractivity contribution in [2.75, 3.05) is 32.8 Å². The molecule has 25 heavy (non-hydrogen) atoms. The third kappa shape index (κ3) is 4.33. The fourth-order valence-electron chi connectivity index (χ4n) is 3.75. The molecule has 1 aromatic rings. The molecular weight excluding hydrogens is 316 g/mol. The molecule has 2 aliphatic rings. The molecule has 0 aromatic heterocycles. The Balaban J connectivity index is 1.52.